The molecule has 0 bridgehead atoms. The normalized spacial score (nSPS) is 17.4. The van der Waals surface area contributed by atoms with Crippen molar-refractivity contribution >= 4 is 75.1 Å². The lowest BCUT2D eigenvalue weighted by Gasteiger charge is -2.06. The Morgan fingerprint density at radius 1 is 1.33 bits per heavy atom. The molecule has 1 aliphatic heterocycles. The Morgan fingerprint density at radius 2 is 2.00 bits per heavy atom. The number of thiocarbonyl (C=S) groups is 1. The van der Waals surface area contributed by atoms with E-state index in [-0.39, 0.29) is 26.7 Å². The maximum Gasteiger partial charge on any atom is 0.263 e. The van der Waals surface area contributed by atoms with Crippen LogP contribution >= 0.6 is 58.8 Å². The monoisotopic (exact) mass is 339 g/mol. The minimum Gasteiger partial charge on any atom is -0.505 e. The molecule has 1 aromatic rings. The Hall–Kier alpha value is -0.460. The molecule has 18 heavy (non-hydrogen) atoms. The first-order valence-corrected chi connectivity index (χ1v) is 6.87. The van der Waals surface area contributed by atoms with Gasteiger partial charge < -0.3 is 10.4 Å². The summed E-state index contributed by atoms with van der Waals surface area (Å²) in [4.78, 5) is 11.9. The van der Waals surface area contributed by atoms with E-state index in [1.54, 1.807) is 0 Å². The van der Waals surface area contributed by atoms with Crippen LogP contribution in [-0.4, -0.2) is 15.3 Å². The molecule has 0 radical (unpaired) electrons. The fraction of sp³-hybridized carbons (Fsp3) is 0. The maximum atomic E-state index is 11.5. The van der Waals surface area contributed by atoms with Crippen molar-refractivity contribution in [1.82, 2.24) is 5.32 Å². The SMILES string of the molecule is O=C1NC(=S)S/C1=C/c1c(Cl)cc(Cl)c(O)c1Cl. The largest absolute Gasteiger partial charge is 0.505 e. The summed E-state index contributed by atoms with van der Waals surface area (Å²) in [6.45, 7) is 0. The van der Waals surface area contributed by atoms with Crippen LogP contribution in [0.15, 0.2) is 11.0 Å². The van der Waals surface area contributed by atoms with Gasteiger partial charge in [0.25, 0.3) is 5.91 Å². The third-order valence-electron chi connectivity index (χ3n) is 2.10. The zero-order chi connectivity index (χ0) is 13.4. The second kappa shape index (κ2) is 5.27. The first-order chi connectivity index (χ1) is 8.40. The van der Waals surface area contributed by atoms with E-state index in [0.29, 0.717) is 14.8 Å². The highest BCUT2D eigenvalue weighted by Gasteiger charge is 2.23. The third-order valence-corrected chi connectivity index (χ3v) is 4.24. The number of phenols is 1. The molecule has 1 heterocycles. The van der Waals surface area contributed by atoms with Crippen LogP contribution in [-0.2, 0) is 4.79 Å². The molecule has 0 aromatic heterocycles. The maximum absolute atomic E-state index is 11.5. The fourth-order valence-electron chi connectivity index (χ4n) is 1.28. The Bertz CT molecular complexity index is 601. The first-order valence-electron chi connectivity index (χ1n) is 4.51. The lowest BCUT2D eigenvalue weighted by Crippen LogP contribution is -2.17. The van der Waals surface area contributed by atoms with Crippen molar-refractivity contribution in [2.45, 2.75) is 0 Å². The molecule has 2 N–H and O–H groups in total. The molecule has 1 aliphatic rings. The Morgan fingerprint density at radius 3 is 2.56 bits per heavy atom. The molecule has 1 amide bonds. The Labute approximate surface area is 127 Å². The smallest absolute Gasteiger partial charge is 0.263 e. The fourth-order valence-corrected chi connectivity index (χ4v) is 3.18. The minimum atomic E-state index is -0.327. The zero-order valence-corrected chi connectivity index (χ0v) is 12.4. The molecule has 0 aliphatic carbocycles. The Kier molecular flexibility index (Phi) is 4.08. The number of amides is 1. The van der Waals surface area contributed by atoms with Gasteiger partial charge in [-0.2, -0.15) is 0 Å². The van der Waals surface area contributed by atoms with Gasteiger partial charge in [0.1, 0.15) is 4.32 Å². The van der Waals surface area contributed by atoms with Gasteiger partial charge in [-0.05, 0) is 12.1 Å². The van der Waals surface area contributed by atoms with Crippen molar-refractivity contribution in [3.8, 4) is 5.75 Å². The van der Waals surface area contributed by atoms with Crippen molar-refractivity contribution in [3.63, 3.8) is 0 Å². The molecule has 94 valence electrons. The molecule has 0 unspecified atom stereocenters. The summed E-state index contributed by atoms with van der Waals surface area (Å²) in [5, 5.41) is 12.4. The van der Waals surface area contributed by atoms with Gasteiger partial charge in [-0.15, -0.1) is 0 Å². The van der Waals surface area contributed by atoms with Crippen LogP contribution in [0.5, 0.6) is 5.75 Å². The number of thioether (sulfide) groups is 1. The molecule has 1 aromatic carbocycles. The number of phenolic OH excluding ortho intramolecular Hbond substituents is 1. The second-order valence-electron chi connectivity index (χ2n) is 3.27. The van der Waals surface area contributed by atoms with Gasteiger partial charge in [0.2, 0.25) is 0 Å². The average molecular weight is 341 g/mol. The predicted molar refractivity (Wildman–Crippen MR) is 79.4 cm³/mol. The van der Waals surface area contributed by atoms with Crippen LogP contribution in [0.2, 0.25) is 15.1 Å². The van der Waals surface area contributed by atoms with Crippen molar-refractivity contribution in [1.29, 1.82) is 0 Å². The van der Waals surface area contributed by atoms with Gasteiger partial charge in [0.15, 0.2) is 5.75 Å². The molecular weight excluding hydrogens is 337 g/mol. The predicted octanol–water partition coefficient (Wildman–Crippen LogP) is 3.84. The summed E-state index contributed by atoms with van der Waals surface area (Å²) in [6.07, 6.45) is 1.46. The highest BCUT2D eigenvalue weighted by atomic mass is 35.5. The number of nitrogens with one attached hydrogen (secondary N) is 1. The van der Waals surface area contributed by atoms with E-state index in [2.05, 4.69) is 5.32 Å². The first kappa shape index (κ1) is 14.0. The van der Waals surface area contributed by atoms with Crippen LogP contribution in [0.1, 0.15) is 5.56 Å². The highest BCUT2D eigenvalue weighted by molar-refractivity contribution is 8.26. The number of benzene rings is 1. The van der Waals surface area contributed by atoms with Crippen molar-refractivity contribution < 1.29 is 9.90 Å². The lowest BCUT2D eigenvalue weighted by molar-refractivity contribution is -0.115. The second-order valence-corrected chi connectivity index (χ2v) is 6.18. The van der Waals surface area contributed by atoms with Crippen LogP contribution in [0.3, 0.4) is 0 Å². The lowest BCUT2D eigenvalue weighted by atomic mass is 10.2. The summed E-state index contributed by atoms with van der Waals surface area (Å²) >= 11 is 23.6. The number of hydrogen-bond donors (Lipinski definition) is 2. The summed E-state index contributed by atoms with van der Waals surface area (Å²) < 4.78 is 0.358. The van der Waals surface area contributed by atoms with Crippen LogP contribution in [0, 0.1) is 0 Å². The topological polar surface area (TPSA) is 49.3 Å². The summed E-state index contributed by atoms with van der Waals surface area (Å²) in [6, 6.07) is 1.35. The van der Waals surface area contributed by atoms with Gasteiger partial charge >= 0.3 is 0 Å². The van der Waals surface area contributed by atoms with Crippen molar-refractivity contribution in [3.05, 3.63) is 31.6 Å². The summed E-state index contributed by atoms with van der Waals surface area (Å²) in [5.74, 6) is -0.605. The molecule has 2 rings (SSSR count). The van der Waals surface area contributed by atoms with E-state index >= 15 is 0 Å². The van der Waals surface area contributed by atoms with Crippen LogP contribution in [0.25, 0.3) is 6.08 Å². The van der Waals surface area contributed by atoms with Gasteiger partial charge in [-0.1, -0.05) is 58.8 Å². The number of aromatic hydroxyl groups is 1. The van der Waals surface area contributed by atoms with Crippen LogP contribution < -0.4 is 5.32 Å². The number of carbonyl (C=O) groups excluding carboxylic acids is 1. The molecule has 3 nitrogen and oxygen atoms in total. The van der Waals surface area contributed by atoms with E-state index in [9.17, 15) is 9.90 Å². The molecule has 0 saturated carbocycles. The number of hydrogen-bond acceptors (Lipinski definition) is 4. The van der Waals surface area contributed by atoms with Crippen molar-refractivity contribution in [2.75, 3.05) is 0 Å². The van der Waals surface area contributed by atoms with Gasteiger partial charge in [0, 0.05) is 5.56 Å². The number of halogens is 3. The van der Waals surface area contributed by atoms with E-state index in [1.165, 1.54) is 12.1 Å². The Balaban J connectivity index is 2.53. The van der Waals surface area contributed by atoms with Gasteiger partial charge in [0.05, 0.1) is 20.0 Å². The summed E-state index contributed by atoms with van der Waals surface area (Å²) in [5.41, 5.74) is 0.322. The molecule has 1 saturated heterocycles. The molecule has 0 atom stereocenters. The highest BCUT2D eigenvalue weighted by Crippen LogP contribution is 2.41. The number of rotatable bonds is 1. The van der Waals surface area contributed by atoms with Crippen LogP contribution in [0.4, 0.5) is 0 Å². The molecule has 0 spiro atoms. The van der Waals surface area contributed by atoms with Gasteiger partial charge in [-0.25, -0.2) is 0 Å². The average Bonchev–Trinajstić information content (AvgIpc) is 2.60. The molecule has 1 fully saturated rings. The molecular formula is C10H4Cl3NO2S2. The van der Waals surface area contributed by atoms with E-state index in [4.69, 9.17) is 47.0 Å². The standard InChI is InChI=1S/C10H4Cl3NO2S2/c11-4-2-5(12)8(15)7(13)3(4)1-6-9(16)14-10(17)18-6/h1-2,15H,(H,14,16,17)/b6-1+. The quantitative estimate of drug-likeness (QED) is 0.602. The minimum absolute atomic E-state index is 0.00813. The number of carbonyl (C=O) groups is 1. The zero-order valence-electron chi connectivity index (χ0n) is 8.46. The molecule has 8 heteroatoms. The third kappa shape index (κ3) is 2.60. The van der Waals surface area contributed by atoms with E-state index in [0.717, 1.165) is 11.8 Å². The van der Waals surface area contributed by atoms with E-state index in [1.807, 2.05) is 0 Å². The van der Waals surface area contributed by atoms with Crippen molar-refractivity contribution in [2.24, 2.45) is 0 Å². The van der Waals surface area contributed by atoms with E-state index < -0.39 is 0 Å². The summed E-state index contributed by atoms with van der Waals surface area (Å²) in [7, 11) is 0. The van der Waals surface area contributed by atoms with Gasteiger partial charge in [-0.3, -0.25) is 4.79 Å².